The van der Waals surface area contributed by atoms with Gasteiger partial charge in [0, 0.05) is 10.9 Å². The summed E-state index contributed by atoms with van der Waals surface area (Å²) in [4.78, 5) is 0. The standard InChI is InChI=1S/C18H38O4S2/c1-3-4-5-6-7-8-9-10-11-12-13-14-15-16-17-23(2)18-22-24(19,20)21/h3-18H2,1-2H3. The number of rotatable bonds is 18. The van der Waals surface area contributed by atoms with Crippen LogP contribution in [0.1, 0.15) is 96.8 Å². The molecule has 0 aliphatic carbocycles. The van der Waals surface area contributed by atoms with Gasteiger partial charge < -0.3 is 4.55 Å². The molecule has 0 aliphatic heterocycles. The fourth-order valence-corrected chi connectivity index (χ4v) is 4.69. The van der Waals surface area contributed by atoms with Gasteiger partial charge in [-0.2, -0.15) is 0 Å². The Bertz CT molecular complexity index is 358. The molecule has 0 fully saturated rings. The predicted molar refractivity (Wildman–Crippen MR) is 104 cm³/mol. The number of unbranched alkanes of at least 4 members (excludes halogenated alkanes) is 13. The zero-order valence-electron chi connectivity index (χ0n) is 15.8. The molecule has 0 saturated heterocycles. The van der Waals surface area contributed by atoms with E-state index in [1.165, 1.54) is 83.5 Å². The highest BCUT2D eigenvalue weighted by Crippen LogP contribution is 2.13. The zero-order chi connectivity index (χ0) is 18.1. The lowest BCUT2D eigenvalue weighted by molar-refractivity contribution is 0.302. The Hall–Kier alpha value is 0.220. The topological polar surface area (TPSA) is 66.4 Å². The van der Waals surface area contributed by atoms with E-state index in [9.17, 15) is 13.0 Å². The summed E-state index contributed by atoms with van der Waals surface area (Å²) in [5.74, 6) is 0.998. The highest BCUT2D eigenvalue weighted by Gasteiger charge is 2.12. The Morgan fingerprint density at radius 3 is 1.50 bits per heavy atom. The summed E-state index contributed by atoms with van der Waals surface area (Å²) in [6, 6.07) is 0. The van der Waals surface area contributed by atoms with Crippen LogP contribution in [-0.4, -0.2) is 30.9 Å². The minimum atomic E-state index is -4.52. The molecular formula is C18H38O4S2. The molecule has 0 radical (unpaired) electrons. The lowest BCUT2D eigenvalue weighted by atomic mass is 10.0. The van der Waals surface area contributed by atoms with Crippen molar-refractivity contribution in [1.29, 1.82) is 0 Å². The van der Waals surface area contributed by atoms with Crippen LogP contribution >= 0.6 is 0 Å². The van der Waals surface area contributed by atoms with Crippen LogP contribution in [0.3, 0.4) is 0 Å². The van der Waals surface area contributed by atoms with E-state index in [1.807, 2.05) is 6.26 Å². The molecule has 146 valence electrons. The fraction of sp³-hybridized carbons (Fsp3) is 1.00. The Labute approximate surface area is 153 Å². The van der Waals surface area contributed by atoms with Gasteiger partial charge in [0.1, 0.15) is 5.75 Å². The predicted octanol–water partition coefficient (Wildman–Crippen LogP) is 5.15. The molecule has 0 aliphatic rings. The minimum absolute atomic E-state index is 0.0459. The molecule has 0 aromatic heterocycles. The smallest absolute Gasteiger partial charge is 0.223 e. The molecule has 0 heterocycles. The molecule has 4 nitrogen and oxygen atoms in total. The molecule has 0 saturated carbocycles. The summed E-state index contributed by atoms with van der Waals surface area (Å²) >= 11 is 0. The molecule has 6 heteroatoms. The lowest BCUT2D eigenvalue weighted by Crippen LogP contribution is -2.16. The average Bonchev–Trinajstić information content (AvgIpc) is 2.52. The van der Waals surface area contributed by atoms with Crippen molar-refractivity contribution in [3.05, 3.63) is 0 Å². The van der Waals surface area contributed by atoms with Crippen molar-refractivity contribution < 1.29 is 17.2 Å². The fourth-order valence-electron chi connectivity index (χ4n) is 2.74. The monoisotopic (exact) mass is 382 g/mol. The highest BCUT2D eigenvalue weighted by atomic mass is 32.3. The molecule has 1 unspecified atom stereocenters. The Kier molecular flexibility index (Phi) is 16.8. The van der Waals surface area contributed by atoms with E-state index >= 15 is 0 Å². The van der Waals surface area contributed by atoms with Crippen molar-refractivity contribution >= 4 is 21.3 Å². The van der Waals surface area contributed by atoms with Gasteiger partial charge in [-0.3, -0.25) is 0 Å². The average molecular weight is 383 g/mol. The third-order valence-electron chi connectivity index (χ3n) is 4.24. The number of hydrogen-bond acceptors (Lipinski definition) is 4. The normalized spacial score (nSPS) is 13.3. The SMILES string of the molecule is CCCCCCCCCCCCCCCC[S+](C)COS(=O)(=O)[O-]. The van der Waals surface area contributed by atoms with Gasteiger partial charge in [-0.15, -0.1) is 0 Å². The van der Waals surface area contributed by atoms with Gasteiger partial charge >= 0.3 is 0 Å². The van der Waals surface area contributed by atoms with Crippen LogP contribution in [-0.2, 0) is 25.5 Å². The van der Waals surface area contributed by atoms with Crippen LogP contribution in [0.2, 0.25) is 0 Å². The maximum Gasteiger partial charge on any atom is 0.223 e. The molecule has 0 rings (SSSR count). The maximum absolute atomic E-state index is 10.4. The highest BCUT2D eigenvalue weighted by molar-refractivity contribution is 7.96. The van der Waals surface area contributed by atoms with E-state index in [-0.39, 0.29) is 16.8 Å². The Balaban J connectivity index is 3.17. The molecule has 0 N–H and O–H groups in total. The second-order valence-corrected chi connectivity index (χ2v) is 9.98. The first-order valence-electron chi connectivity index (χ1n) is 9.65. The van der Waals surface area contributed by atoms with Crippen LogP contribution in [0.4, 0.5) is 0 Å². The number of hydrogen-bond donors (Lipinski definition) is 0. The minimum Gasteiger partial charge on any atom is -0.725 e. The van der Waals surface area contributed by atoms with Gasteiger partial charge in [0.25, 0.3) is 0 Å². The van der Waals surface area contributed by atoms with Gasteiger partial charge in [-0.1, -0.05) is 84.0 Å². The molecule has 1 atom stereocenters. The van der Waals surface area contributed by atoms with E-state index in [1.54, 1.807) is 0 Å². The van der Waals surface area contributed by atoms with Crippen molar-refractivity contribution in [2.24, 2.45) is 0 Å². The molecule has 0 spiro atoms. The summed E-state index contributed by atoms with van der Waals surface area (Å²) in [6.45, 7) is 2.26. The summed E-state index contributed by atoms with van der Waals surface area (Å²) in [5, 5.41) is 0. The first-order chi connectivity index (χ1) is 11.5. The van der Waals surface area contributed by atoms with Crippen LogP contribution in [0.15, 0.2) is 0 Å². The largest absolute Gasteiger partial charge is 0.725 e. The quantitative estimate of drug-likeness (QED) is 0.142. The van der Waals surface area contributed by atoms with Crippen molar-refractivity contribution in [3.63, 3.8) is 0 Å². The van der Waals surface area contributed by atoms with Gasteiger partial charge in [0.2, 0.25) is 16.3 Å². The Morgan fingerprint density at radius 2 is 1.12 bits per heavy atom. The lowest BCUT2D eigenvalue weighted by Gasteiger charge is -2.07. The van der Waals surface area contributed by atoms with Crippen molar-refractivity contribution in [2.75, 3.05) is 17.9 Å². The van der Waals surface area contributed by atoms with E-state index in [2.05, 4.69) is 11.1 Å². The van der Waals surface area contributed by atoms with E-state index in [4.69, 9.17) is 0 Å². The van der Waals surface area contributed by atoms with E-state index < -0.39 is 10.4 Å². The van der Waals surface area contributed by atoms with Gasteiger partial charge in [0.15, 0.2) is 0 Å². The van der Waals surface area contributed by atoms with Crippen LogP contribution in [0, 0.1) is 0 Å². The molecule has 24 heavy (non-hydrogen) atoms. The molecule has 0 bridgehead atoms. The van der Waals surface area contributed by atoms with E-state index in [0.29, 0.717) is 0 Å². The summed E-state index contributed by atoms with van der Waals surface area (Å²) < 4.78 is 35.4. The van der Waals surface area contributed by atoms with Crippen molar-refractivity contribution in [2.45, 2.75) is 96.8 Å². The molecule has 0 aromatic carbocycles. The summed E-state index contributed by atoms with van der Waals surface area (Å²) in [7, 11) is -4.65. The first-order valence-corrected chi connectivity index (χ1v) is 13.0. The Morgan fingerprint density at radius 1 is 0.750 bits per heavy atom. The third-order valence-corrected chi connectivity index (χ3v) is 6.30. The summed E-state index contributed by atoms with van der Waals surface area (Å²) in [6.07, 6.45) is 20.7. The molecule has 0 amide bonds. The van der Waals surface area contributed by atoms with Crippen molar-refractivity contribution in [3.8, 4) is 0 Å². The first kappa shape index (κ1) is 24.2. The molecular weight excluding hydrogens is 344 g/mol. The van der Waals surface area contributed by atoms with Gasteiger partial charge in [-0.05, 0) is 12.8 Å². The van der Waals surface area contributed by atoms with Crippen LogP contribution in [0.25, 0.3) is 0 Å². The van der Waals surface area contributed by atoms with Gasteiger partial charge in [-0.25, -0.2) is 12.6 Å². The van der Waals surface area contributed by atoms with Crippen molar-refractivity contribution in [1.82, 2.24) is 0 Å². The zero-order valence-corrected chi connectivity index (χ0v) is 17.4. The van der Waals surface area contributed by atoms with E-state index in [0.717, 1.165) is 12.2 Å². The maximum atomic E-state index is 10.4. The summed E-state index contributed by atoms with van der Waals surface area (Å²) in [5.41, 5.74) is 0. The van der Waals surface area contributed by atoms with Crippen LogP contribution in [0.5, 0.6) is 0 Å². The van der Waals surface area contributed by atoms with Crippen LogP contribution < -0.4 is 0 Å². The molecule has 0 aromatic rings. The van der Waals surface area contributed by atoms with Gasteiger partial charge in [0.05, 0.1) is 6.26 Å². The third kappa shape index (κ3) is 20.3. The second-order valence-electron chi connectivity index (χ2n) is 6.73. The second kappa shape index (κ2) is 16.7.